The van der Waals surface area contributed by atoms with Crippen LogP contribution in [0.5, 0.6) is 0 Å². The maximum atomic E-state index is 13.1. The molecule has 1 aromatic rings. The zero-order chi connectivity index (χ0) is 17.1. The van der Waals surface area contributed by atoms with E-state index in [-0.39, 0.29) is 24.5 Å². The van der Waals surface area contributed by atoms with Crippen LogP contribution < -0.4 is 0 Å². The molecule has 2 amide bonds. The maximum Gasteiger partial charge on any atom is 0.254 e. The Morgan fingerprint density at radius 1 is 1.42 bits per heavy atom. The molecule has 0 spiro atoms. The Hall–Kier alpha value is -1.99. The van der Waals surface area contributed by atoms with Gasteiger partial charge in [-0.1, -0.05) is 6.07 Å². The third kappa shape index (κ3) is 3.27. The van der Waals surface area contributed by atoms with E-state index in [0.717, 1.165) is 12.0 Å². The van der Waals surface area contributed by atoms with Crippen LogP contribution in [-0.2, 0) is 19.1 Å². The van der Waals surface area contributed by atoms with Crippen LogP contribution in [0, 0.1) is 0 Å². The van der Waals surface area contributed by atoms with Gasteiger partial charge in [-0.3, -0.25) is 14.6 Å². The monoisotopic (exact) mass is 333 g/mol. The van der Waals surface area contributed by atoms with Crippen LogP contribution in [0.4, 0.5) is 0 Å². The minimum atomic E-state index is -0.725. The second-order valence-corrected chi connectivity index (χ2v) is 6.28. The molecule has 1 unspecified atom stereocenters. The first-order chi connectivity index (χ1) is 11.6. The highest BCUT2D eigenvalue weighted by Gasteiger charge is 2.42. The van der Waals surface area contributed by atoms with E-state index in [4.69, 9.17) is 9.47 Å². The highest BCUT2D eigenvalue weighted by atomic mass is 16.5. The quantitative estimate of drug-likeness (QED) is 0.793. The van der Waals surface area contributed by atoms with Crippen molar-refractivity contribution in [3.8, 4) is 0 Å². The Labute approximate surface area is 141 Å². The lowest BCUT2D eigenvalue weighted by atomic mass is 9.98. The Morgan fingerprint density at radius 2 is 2.25 bits per heavy atom. The van der Waals surface area contributed by atoms with Gasteiger partial charge in [-0.25, -0.2) is 0 Å². The number of carbonyl (C=O) groups is 2. The lowest BCUT2D eigenvalue weighted by molar-refractivity contribution is -0.168. The summed E-state index contributed by atoms with van der Waals surface area (Å²) >= 11 is 0. The van der Waals surface area contributed by atoms with Crippen molar-refractivity contribution >= 4 is 11.8 Å². The third-order valence-electron chi connectivity index (χ3n) is 4.61. The molecule has 2 saturated heterocycles. The van der Waals surface area contributed by atoms with Gasteiger partial charge in [0, 0.05) is 32.6 Å². The summed E-state index contributed by atoms with van der Waals surface area (Å²) < 4.78 is 11.2. The van der Waals surface area contributed by atoms with Crippen molar-refractivity contribution in [2.45, 2.75) is 31.5 Å². The van der Waals surface area contributed by atoms with Crippen molar-refractivity contribution in [2.24, 2.45) is 0 Å². The highest BCUT2D eigenvalue weighted by molar-refractivity contribution is 5.86. The fourth-order valence-corrected chi connectivity index (χ4v) is 3.26. The van der Waals surface area contributed by atoms with Crippen LogP contribution in [-0.4, -0.2) is 72.2 Å². The molecular weight excluding hydrogens is 310 g/mol. The molecule has 3 rings (SSSR count). The number of likely N-dealkylation sites (N-methyl/N-ethyl adjacent to an activating group) is 1. The molecule has 130 valence electrons. The van der Waals surface area contributed by atoms with Gasteiger partial charge in [0.15, 0.2) is 6.10 Å². The van der Waals surface area contributed by atoms with E-state index in [9.17, 15) is 9.59 Å². The van der Waals surface area contributed by atoms with Crippen LogP contribution in [0.25, 0.3) is 0 Å². The molecule has 3 atom stereocenters. The average Bonchev–Trinajstić information content (AvgIpc) is 2.82. The van der Waals surface area contributed by atoms with Gasteiger partial charge in [0.1, 0.15) is 6.61 Å². The first-order valence-electron chi connectivity index (χ1n) is 8.25. The summed E-state index contributed by atoms with van der Waals surface area (Å²) in [6.45, 7) is 3.70. The second-order valence-electron chi connectivity index (χ2n) is 6.28. The second kappa shape index (κ2) is 7.27. The SMILES string of the molecule is CC1COCCCN1C(=O)[C@@H]1OCC(=O)N(C)[C@H]1c1cccnc1. The molecule has 1 aromatic heterocycles. The molecule has 0 aliphatic carbocycles. The third-order valence-corrected chi connectivity index (χ3v) is 4.61. The smallest absolute Gasteiger partial charge is 0.254 e. The summed E-state index contributed by atoms with van der Waals surface area (Å²) in [5.41, 5.74) is 0.796. The topological polar surface area (TPSA) is 72.0 Å². The molecule has 0 aromatic carbocycles. The van der Waals surface area contributed by atoms with Crippen molar-refractivity contribution in [3.05, 3.63) is 30.1 Å². The number of carbonyl (C=O) groups excluding carboxylic acids is 2. The van der Waals surface area contributed by atoms with Crippen molar-refractivity contribution < 1.29 is 19.1 Å². The number of rotatable bonds is 2. The number of aromatic nitrogens is 1. The standard InChI is InChI=1S/C17H23N3O4/c1-12-10-23-8-4-7-20(12)17(22)16-15(13-5-3-6-18-9-13)19(2)14(21)11-24-16/h3,5-6,9,12,15-16H,4,7-8,10-11H2,1-2H3/t12?,15-,16+/m0/s1. The molecule has 7 nitrogen and oxygen atoms in total. The van der Waals surface area contributed by atoms with Crippen molar-refractivity contribution in [1.82, 2.24) is 14.8 Å². The fourth-order valence-electron chi connectivity index (χ4n) is 3.26. The van der Waals surface area contributed by atoms with Gasteiger partial charge in [0.05, 0.1) is 18.7 Å². The molecule has 7 heteroatoms. The van der Waals surface area contributed by atoms with Crippen LogP contribution >= 0.6 is 0 Å². The molecule has 24 heavy (non-hydrogen) atoms. The van der Waals surface area contributed by atoms with Gasteiger partial charge in [-0.05, 0) is 25.0 Å². The van der Waals surface area contributed by atoms with E-state index >= 15 is 0 Å². The van der Waals surface area contributed by atoms with E-state index < -0.39 is 12.1 Å². The predicted molar refractivity (Wildman–Crippen MR) is 86.1 cm³/mol. The Kier molecular flexibility index (Phi) is 5.11. The van der Waals surface area contributed by atoms with Gasteiger partial charge < -0.3 is 19.3 Å². The number of amides is 2. The van der Waals surface area contributed by atoms with Crippen molar-refractivity contribution in [2.75, 3.05) is 33.4 Å². The molecule has 2 aliphatic rings. The number of hydrogen-bond acceptors (Lipinski definition) is 5. The molecule has 0 bridgehead atoms. The zero-order valence-electron chi connectivity index (χ0n) is 14.1. The van der Waals surface area contributed by atoms with E-state index in [1.54, 1.807) is 30.4 Å². The molecular formula is C17H23N3O4. The van der Waals surface area contributed by atoms with Crippen LogP contribution in [0.15, 0.2) is 24.5 Å². The highest BCUT2D eigenvalue weighted by Crippen LogP contribution is 2.30. The minimum absolute atomic E-state index is 0.0129. The van der Waals surface area contributed by atoms with E-state index in [2.05, 4.69) is 4.98 Å². The molecule has 2 fully saturated rings. The summed E-state index contributed by atoms with van der Waals surface area (Å²) in [7, 11) is 1.71. The van der Waals surface area contributed by atoms with Crippen molar-refractivity contribution in [3.63, 3.8) is 0 Å². The Morgan fingerprint density at radius 3 is 3.00 bits per heavy atom. The predicted octanol–water partition coefficient (Wildman–Crippen LogP) is 0.617. The number of morpholine rings is 1. The van der Waals surface area contributed by atoms with E-state index in [1.807, 2.05) is 17.9 Å². The molecule has 0 saturated carbocycles. The average molecular weight is 333 g/mol. The van der Waals surface area contributed by atoms with Gasteiger partial charge >= 0.3 is 0 Å². The Balaban J connectivity index is 1.88. The lowest BCUT2D eigenvalue weighted by Crippen LogP contribution is -2.55. The largest absolute Gasteiger partial charge is 0.379 e. The number of pyridine rings is 1. The number of nitrogens with zero attached hydrogens (tertiary/aromatic N) is 3. The van der Waals surface area contributed by atoms with Crippen LogP contribution in [0.1, 0.15) is 24.9 Å². The van der Waals surface area contributed by atoms with Gasteiger partial charge in [-0.15, -0.1) is 0 Å². The molecule has 2 aliphatic heterocycles. The maximum absolute atomic E-state index is 13.1. The molecule has 0 N–H and O–H groups in total. The number of ether oxygens (including phenoxy) is 2. The van der Waals surface area contributed by atoms with Crippen molar-refractivity contribution in [1.29, 1.82) is 0 Å². The normalized spacial score (nSPS) is 28.6. The van der Waals surface area contributed by atoms with Gasteiger partial charge in [-0.2, -0.15) is 0 Å². The van der Waals surface area contributed by atoms with Crippen LogP contribution in [0.3, 0.4) is 0 Å². The Bertz CT molecular complexity index is 595. The molecule has 3 heterocycles. The molecule has 0 radical (unpaired) electrons. The minimum Gasteiger partial charge on any atom is -0.379 e. The summed E-state index contributed by atoms with van der Waals surface area (Å²) in [6, 6.07) is 3.18. The van der Waals surface area contributed by atoms with E-state index in [1.165, 1.54) is 0 Å². The lowest BCUT2D eigenvalue weighted by Gasteiger charge is -2.40. The zero-order valence-corrected chi connectivity index (χ0v) is 14.1. The number of hydrogen-bond donors (Lipinski definition) is 0. The first-order valence-corrected chi connectivity index (χ1v) is 8.25. The summed E-state index contributed by atoms with van der Waals surface area (Å²) in [4.78, 5) is 32.7. The van der Waals surface area contributed by atoms with Gasteiger partial charge in [0.2, 0.25) is 5.91 Å². The summed E-state index contributed by atoms with van der Waals surface area (Å²) in [6.07, 6.45) is 3.42. The van der Waals surface area contributed by atoms with Gasteiger partial charge in [0.25, 0.3) is 5.91 Å². The fraction of sp³-hybridized carbons (Fsp3) is 0.588. The summed E-state index contributed by atoms with van der Waals surface area (Å²) in [5, 5.41) is 0. The first kappa shape index (κ1) is 16.9. The van der Waals surface area contributed by atoms with Crippen LogP contribution in [0.2, 0.25) is 0 Å². The summed E-state index contributed by atoms with van der Waals surface area (Å²) in [5.74, 6) is -0.235. The van der Waals surface area contributed by atoms with E-state index in [0.29, 0.717) is 19.8 Å².